The lowest BCUT2D eigenvalue weighted by Crippen LogP contribution is -2.31. The van der Waals surface area contributed by atoms with Gasteiger partial charge in [-0.25, -0.2) is 4.39 Å². The van der Waals surface area contributed by atoms with E-state index in [0.29, 0.717) is 11.8 Å². The fraction of sp³-hybridized carbons (Fsp3) is 0.500. The Bertz CT molecular complexity index is 451. The van der Waals surface area contributed by atoms with E-state index in [9.17, 15) is 9.18 Å². The predicted octanol–water partition coefficient (Wildman–Crippen LogP) is 1.47. The van der Waals surface area contributed by atoms with Gasteiger partial charge in [0.25, 0.3) is 0 Å². The summed E-state index contributed by atoms with van der Waals surface area (Å²) in [6.45, 7) is 3.13. The van der Waals surface area contributed by atoms with Gasteiger partial charge >= 0.3 is 0 Å². The first-order valence-electron chi connectivity index (χ1n) is 6.32. The number of fused-ring (bicyclic) bond motifs is 1. The van der Waals surface area contributed by atoms with E-state index in [0.717, 1.165) is 31.9 Å². The van der Waals surface area contributed by atoms with Gasteiger partial charge in [-0.2, -0.15) is 0 Å². The lowest BCUT2D eigenvalue weighted by Gasteiger charge is -2.17. The van der Waals surface area contributed by atoms with Gasteiger partial charge < -0.3 is 9.64 Å². The Morgan fingerprint density at radius 1 is 1.33 bits per heavy atom. The molecule has 2 aliphatic rings. The molecule has 0 unspecified atom stereocenters. The Kier molecular flexibility index (Phi) is 3.04. The number of likely N-dealkylation sites (tertiary alicyclic amines) is 1. The van der Waals surface area contributed by atoms with Gasteiger partial charge in [0.1, 0.15) is 5.82 Å². The number of hydrogen-bond donors (Lipinski definition) is 0. The monoisotopic (exact) mass is 249 g/mol. The third-order valence-corrected chi connectivity index (χ3v) is 3.84. The standard InChI is InChI=1S/C14H16FNO2/c15-13-3-1-2-10(4-13)5-14(17)16-6-11-8-18-9-12(11)7-16/h1-4,11-12H,5-9H2/t11-,12-/m1/s1. The highest BCUT2D eigenvalue weighted by Crippen LogP contribution is 2.29. The van der Waals surface area contributed by atoms with Crippen LogP contribution in [0.25, 0.3) is 0 Å². The van der Waals surface area contributed by atoms with Gasteiger partial charge in [-0.05, 0) is 17.7 Å². The van der Waals surface area contributed by atoms with E-state index in [4.69, 9.17) is 4.74 Å². The lowest BCUT2D eigenvalue weighted by molar-refractivity contribution is -0.129. The van der Waals surface area contributed by atoms with Crippen LogP contribution in [0.4, 0.5) is 4.39 Å². The number of ether oxygens (including phenoxy) is 1. The molecule has 0 aromatic heterocycles. The van der Waals surface area contributed by atoms with Crippen LogP contribution in [-0.2, 0) is 16.0 Å². The average molecular weight is 249 g/mol. The number of halogens is 1. The first-order valence-corrected chi connectivity index (χ1v) is 6.32. The van der Waals surface area contributed by atoms with E-state index in [-0.39, 0.29) is 18.1 Å². The summed E-state index contributed by atoms with van der Waals surface area (Å²) >= 11 is 0. The molecule has 2 saturated heterocycles. The van der Waals surface area contributed by atoms with Gasteiger partial charge in [0, 0.05) is 24.9 Å². The number of carbonyl (C=O) groups is 1. The minimum Gasteiger partial charge on any atom is -0.381 e. The van der Waals surface area contributed by atoms with Crippen LogP contribution in [0.5, 0.6) is 0 Å². The molecule has 0 bridgehead atoms. The highest BCUT2D eigenvalue weighted by Gasteiger charge is 2.38. The van der Waals surface area contributed by atoms with E-state index >= 15 is 0 Å². The van der Waals surface area contributed by atoms with Crippen molar-refractivity contribution >= 4 is 5.91 Å². The molecule has 0 N–H and O–H groups in total. The molecular weight excluding hydrogens is 233 g/mol. The largest absolute Gasteiger partial charge is 0.381 e. The summed E-state index contributed by atoms with van der Waals surface area (Å²) in [4.78, 5) is 14.0. The molecule has 0 saturated carbocycles. The van der Waals surface area contributed by atoms with Crippen molar-refractivity contribution in [3.05, 3.63) is 35.6 Å². The summed E-state index contributed by atoms with van der Waals surface area (Å²) < 4.78 is 18.4. The predicted molar refractivity (Wildman–Crippen MR) is 64.5 cm³/mol. The van der Waals surface area contributed by atoms with E-state index < -0.39 is 0 Å². The summed E-state index contributed by atoms with van der Waals surface area (Å²) in [5.74, 6) is 0.810. The van der Waals surface area contributed by atoms with Crippen molar-refractivity contribution in [1.82, 2.24) is 4.90 Å². The summed E-state index contributed by atoms with van der Waals surface area (Å²) in [6.07, 6.45) is 0.290. The minimum absolute atomic E-state index is 0.0926. The summed E-state index contributed by atoms with van der Waals surface area (Å²) in [5, 5.41) is 0. The lowest BCUT2D eigenvalue weighted by atomic mass is 10.0. The number of benzene rings is 1. The maximum atomic E-state index is 13.0. The second kappa shape index (κ2) is 4.69. The van der Waals surface area contributed by atoms with Crippen molar-refractivity contribution in [3.8, 4) is 0 Å². The molecule has 18 heavy (non-hydrogen) atoms. The molecule has 2 fully saturated rings. The normalized spacial score (nSPS) is 26.4. The molecule has 96 valence electrons. The first kappa shape index (κ1) is 11.7. The molecule has 0 spiro atoms. The fourth-order valence-corrected chi connectivity index (χ4v) is 2.82. The van der Waals surface area contributed by atoms with Crippen molar-refractivity contribution in [2.45, 2.75) is 6.42 Å². The van der Waals surface area contributed by atoms with Crippen molar-refractivity contribution in [2.24, 2.45) is 11.8 Å². The maximum Gasteiger partial charge on any atom is 0.227 e. The quantitative estimate of drug-likeness (QED) is 0.794. The molecule has 0 aliphatic carbocycles. The molecule has 3 nitrogen and oxygen atoms in total. The molecule has 0 radical (unpaired) electrons. The number of amides is 1. The van der Waals surface area contributed by atoms with Crippen molar-refractivity contribution in [1.29, 1.82) is 0 Å². The van der Waals surface area contributed by atoms with Crippen molar-refractivity contribution < 1.29 is 13.9 Å². The fourth-order valence-electron chi connectivity index (χ4n) is 2.82. The second-order valence-electron chi connectivity index (χ2n) is 5.16. The third-order valence-electron chi connectivity index (χ3n) is 3.84. The Morgan fingerprint density at radius 2 is 2.06 bits per heavy atom. The van der Waals surface area contributed by atoms with Crippen molar-refractivity contribution in [2.75, 3.05) is 26.3 Å². The molecule has 1 aromatic rings. The smallest absolute Gasteiger partial charge is 0.227 e. The zero-order valence-electron chi connectivity index (χ0n) is 10.1. The van der Waals surface area contributed by atoms with Crippen LogP contribution < -0.4 is 0 Å². The Morgan fingerprint density at radius 3 is 2.72 bits per heavy atom. The highest BCUT2D eigenvalue weighted by molar-refractivity contribution is 5.79. The maximum absolute atomic E-state index is 13.0. The van der Waals surface area contributed by atoms with Crippen LogP contribution in [0.3, 0.4) is 0 Å². The van der Waals surface area contributed by atoms with Gasteiger partial charge in [-0.1, -0.05) is 12.1 Å². The summed E-state index contributed by atoms with van der Waals surface area (Å²) in [6, 6.07) is 6.26. The Balaban J connectivity index is 1.62. The SMILES string of the molecule is O=C(Cc1cccc(F)c1)N1C[C@@H]2COC[C@H]2C1. The van der Waals surface area contributed by atoms with Gasteiger partial charge in [0.2, 0.25) is 5.91 Å². The minimum atomic E-state index is -0.285. The van der Waals surface area contributed by atoms with E-state index in [2.05, 4.69) is 0 Å². The molecule has 4 heteroatoms. The van der Waals surface area contributed by atoms with Crippen molar-refractivity contribution in [3.63, 3.8) is 0 Å². The molecule has 2 aliphatic heterocycles. The number of rotatable bonds is 2. The Hall–Kier alpha value is -1.42. The first-order chi connectivity index (χ1) is 8.72. The average Bonchev–Trinajstić information content (AvgIpc) is 2.88. The highest BCUT2D eigenvalue weighted by atomic mass is 19.1. The number of carbonyl (C=O) groups excluding carboxylic acids is 1. The molecule has 3 rings (SSSR count). The van der Waals surface area contributed by atoms with Crippen LogP contribution >= 0.6 is 0 Å². The van der Waals surface area contributed by atoms with Crippen LogP contribution in [-0.4, -0.2) is 37.1 Å². The van der Waals surface area contributed by atoms with Gasteiger partial charge in [0.05, 0.1) is 19.6 Å². The van der Waals surface area contributed by atoms with Crippen LogP contribution in [0, 0.1) is 17.7 Å². The molecule has 1 aromatic carbocycles. The summed E-state index contributed by atoms with van der Waals surface area (Å²) in [5.41, 5.74) is 0.744. The van der Waals surface area contributed by atoms with Gasteiger partial charge in [-0.15, -0.1) is 0 Å². The number of nitrogens with zero attached hydrogens (tertiary/aromatic N) is 1. The number of hydrogen-bond acceptors (Lipinski definition) is 2. The zero-order chi connectivity index (χ0) is 12.5. The third kappa shape index (κ3) is 2.25. The Labute approximate surface area is 106 Å². The second-order valence-corrected chi connectivity index (χ2v) is 5.16. The van der Waals surface area contributed by atoms with Crippen LogP contribution in [0.1, 0.15) is 5.56 Å². The zero-order valence-corrected chi connectivity index (χ0v) is 10.1. The van der Waals surface area contributed by atoms with E-state index in [1.165, 1.54) is 12.1 Å². The molecule has 1 amide bonds. The van der Waals surface area contributed by atoms with E-state index in [1.54, 1.807) is 12.1 Å². The molecular formula is C14H16FNO2. The topological polar surface area (TPSA) is 29.5 Å². The van der Waals surface area contributed by atoms with Crippen LogP contribution in [0.2, 0.25) is 0 Å². The van der Waals surface area contributed by atoms with Gasteiger partial charge in [-0.3, -0.25) is 4.79 Å². The molecule has 2 atom stereocenters. The van der Waals surface area contributed by atoms with E-state index in [1.807, 2.05) is 4.90 Å². The van der Waals surface area contributed by atoms with Gasteiger partial charge in [0.15, 0.2) is 0 Å². The van der Waals surface area contributed by atoms with Crippen LogP contribution in [0.15, 0.2) is 24.3 Å². The molecule has 2 heterocycles. The summed E-state index contributed by atoms with van der Waals surface area (Å²) in [7, 11) is 0.